The van der Waals surface area contributed by atoms with Crippen molar-refractivity contribution in [3.05, 3.63) is 33.8 Å². The van der Waals surface area contributed by atoms with Gasteiger partial charge in [-0.3, -0.25) is 15.1 Å². The summed E-state index contributed by atoms with van der Waals surface area (Å²) in [6, 6.07) is 5.59. The number of halogens is 1. The van der Waals surface area contributed by atoms with Gasteiger partial charge >= 0.3 is 0 Å². The van der Waals surface area contributed by atoms with Gasteiger partial charge in [0.1, 0.15) is 0 Å². The number of nitrogen functional groups attached to an aromatic ring is 1. The molecule has 1 aromatic rings. The highest BCUT2D eigenvalue weighted by Gasteiger charge is 2.10. The lowest BCUT2D eigenvalue weighted by Crippen LogP contribution is -2.30. The van der Waals surface area contributed by atoms with E-state index >= 15 is 0 Å². The van der Waals surface area contributed by atoms with Crippen LogP contribution in [0.2, 0.25) is 0 Å². The van der Waals surface area contributed by atoms with Gasteiger partial charge in [-0.2, -0.15) is 0 Å². The first-order valence-electron chi connectivity index (χ1n) is 7.14. The normalized spacial score (nSPS) is 11.2. The molecule has 6 heteroatoms. The van der Waals surface area contributed by atoms with Gasteiger partial charge in [-0.05, 0) is 57.8 Å². The zero-order chi connectivity index (χ0) is 15.8. The van der Waals surface area contributed by atoms with Crippen LogP contribution in [0.25, 0.3) is 0 Å². The topological polar surface area (TPSA) is 61.6 Å². The first-order valence-corrected chi connectivity index (χ1v) is 7.93. The van der Waals surface area contributed by atoms with E-state index in [9.17, 15) is 4.79 Å². The summed E-state index contributed by atoms with van der Waals surface area (Å²) in [6.07, 6.45) is 1.14. The van der Waals surface area contributed by atoms with Crippen molar-refractivity contribution in [3.63, 3.8) is 0 Å². The molecule has 21 heavy (non-hydrogen) atoms. The Labute approximate surface area is 135 Å². The molecule has 0 bridgehead atoms. The van der Waals surface area contributed by atoms with E-state index in [0.29, 0.717) is 5.56 Å². The van der Waals surface area contributed by atoms with Gasteiger partial charge in [0.25, 0.3) is 5.91 Å². The van der Waals surface area contributed by atoms with Gasteiger partial charge in [0.15, 0.2) is 0 Å². The molecular weight excluding hydrogens is 332 g/mol. The first kappa shape index (κ1) is 18.1. The molecule has 0 fully saturated rings. The lowest BCUT2D eigenvalue weighted by atomic mass is 10.1. The maximum atomic E-state index is 11.5. The summed E-state index contributed by atoms with van der Waals surface area (Å²) in [5.41, 5.74) is 3.88. The average molecular weight is 357 g/mol. The van der Waals surface area contributed by atoms with Gasteiger partial charge in [0.2, 0.25) is 0 Å². The summed E-state index contributed by atoms with van der Waals surface area (Å²) in [4.78, 5) is 16.1. The number of carbonyl (C=O) groups is 1. The second-order valence-corrected chi connectivity index (χ2v) is 6.16. The minimum atomic E-state index is -0.277. The highest BCUT2D eigenvalue weighted by atomic mass is 79.9. The van der Waals surface area contributed by atoms with Crippen LogP contribution in [-0.2, 0) is 6.54 Å². The van der Waals surface area contributed by atoms with Gasteiger partial charge in [0, 0.05) is 16.6 Å². The van der Waals surface area contributed by atoms with Crippen LogP contribution in [0.1, 0.15) is 29.3 Å². The molecule has 0 saturated heterocycles. The van der Waals surface area contributed by atoms with E-state index in [1.807, 2.05) is 12.1 Å². The molecule has 0 spiro atoms. The molecular formula is C15H25BrN4O. The summed E-state index contributed by atoms with van der Waals surface area (Å²) in [5.74, 6) is 4.87. The van der Waals surface area contributed by atoms with Gasteiger partial charge in [-0.15, -0.1) is 0 Å². The van der Waals surface area contributed by atoms with E-state index in [-0.39, 0.29) is 5.91 Å². The number of rotatable bonds is 8. The van der Waals surface area contributed by atoms with E-state index < -0.39 is 0 Å². The lowest BCUT2D eigenvalue weighted by molar-refractivity contribution is 0.0953. The standard InChI is InChI=1S/C15H25BrN4O/c1-4-20(9-5-8-19(2)3)11-13-7-6-12(10-14(13)16)15(21)18-17/h6-7,10H,4-5,8-9,11,17H2,1-3H3,(H,18,21). The monoisotopic (exact) mass is 356 g/mol. The second-order valence-electron chi connectivity index (χ2n) is 5.31. The van der Waals surface area contributed by atoms with E-state index in [0.717, 1.165) is 37.1 Å². The molecule has 0 aliphatic heterocycles. The molecule has 118 valence electrons. The van der Waals surface area contributed by atoms with Crippen LogP contribution in [-0.4, -0.2) is 49.4 Å². The Balaban J connectivity index is 2.65. The van der Waals surface area contributed by atoms with Crippen molar-refractivity contribution >= 4 is 21.8 Å². The predicted octanol–water partition coefficient (Wildman–Crippen LogP) is 1.83. The summed E-state index contributed by atoms with van der Waals surface area (Å²) >= 11 is 3.54. The summed E-state index contributed by atoms with van der Waals surface area (Å²) in [7, 11) is 4.18. The van der Waals surface area contributed by atoms with Crippen LogP contribution < -0.4 is 11.3 Å². The van der Waals surface area contributed by atoms with E-state index in [2.05, 4.69) is 52.2 Å². The van der Waals surface area contributed by atoms with Crippen LogP contribution in [0.15, 0.2) is 22.7 Å². The number of hydrogen-bond donors (Lipinski definition) is 2. The Hall–Kier alpha value is -0.950. The maximum absolute atomic E-state index is 11.5. The minimum Gasteiger partial charge on any atom is -0.309 e. The van der Waals surface area contributed by atoms with Gasteiger partial charge in [-0.1, -0.05) is 28.9 Å². The largest absolute Gasteiger partial charge is 0.309 e. The Morgan fingerprint density at radius 2 is 2.05 bits per heavy atom. The van der Waals surface area contributed by atoms with Crippen molar-refractivity contribution in [2.45, 2.75) is 19.9 Å². The molecule has 3 N–H and O–H groups in total. The van der Waals surface area contributed by atoms with E-state index in [1.165, 1.54) is 5.56 Å². The van der Waals surface area contributed by atoms with Crippen LogP contribution in [0.4, 0.5) is 0 Å². The smallest absolute Gasteiger partial charge is 0.265 e. The molecule has 1 rings (SSSR count). The summed E-state index contributed by atoms with van der Waals surface area (Å²) in [6.45, 7) is 6.19. The average Bonchev–Trinajstić information content (AvgIpc) is 2.46. The molecule has 0 aliphatic rings. The quantitative estimate of drug-likeness (QED) is 0.423. The van der Waals surface area contributed by atoms with Crippen LogP contribution in [0, 0.1) is 0 Å². The van der Waals surface area contributed by atoms with Crippen LogP contribution >= 0.6 is 15.9 Å². The highest BCUT2D eigenvalue weighted by molar-refractivity contribution is 9.10. The fourth-order valence-electron chi connectivity index (χ4n) is 2.10. The maximum Gasteiger partial charge on any atom is 0.265 e. The van der Waals surface area contributed by atoms with Crippen molar-refractivity contribution < 1.29 is 4.79 Å². The molecule has 0 aliphatic carbocycles. The molecule has 0 heterocycles. The van der Waals surface area contributed by atoms with E-state index in [1.54, 1.807) is 6.07 Å². The second kappa shape index (κ2) is 9.15. The van der Waals surface area contributed by atoms with Crippen LogP contribution in [0.3, 0.4) is 0 Å². The Bertz CT molecular complexity index is 465. The molecule has 1 amide bonds. The number of benzene rings is 1. The van der Waals surface area contributed by atoms with Crippen LogP contribution in [0.5, 0.6) is 0 Å². The molecule has 0 saturated carbocycles. The van der Waals surface area contributed by atoms with Crippen molar-refractivity contribution in [2.24, 2.45) is 5.84 Å². The zero-order valence-corrected chi connectivity index (χ0v) is 14.6. The molecule has 0 unspecified atom stereocenters. The van der Waals surface area contributed by atoms with Crippen molar-refractivity contribution in [3.8, 4) is 0 Å². The number of amides is 1. The third kappa shape index (κ3) is 6.13. The SMILES string of the molecule is CCN(CCCN(C)C)Cc1ccc(C(=O)NN)cc1Br. The first-order chi connectivity index (χ1) is 9.97. The number of nitrogens with zero attached hydrogens (tertiary/aromatic N) is 2. The van der Waals surface area contributed by atoms with Crippen molar-refractivity contribution in [1.29, 1.82) is 0 Å². The number of nitrogens with two attached hydrogens (primary N) is 1. The highest BCUT2D eigenvalue weighted by Crippen LogP contribution is 2.20. The predicted molar refractivity (Wildman–Crippen MR) is 89.9 cm³/mol. The van der Waals surface area contributed by atoms with Crippen molar-refractivity contribution in [2.75, 3.05) is 33.7 Å². The molecule has 0 atom stereocenters. The van der Waals surface area contributed by atoms with E-state index in [4.69, 9.17) is 5.84 Å². The summed E-state index contributed by atoms with van der Waals surface area (Å²) in [5, 5.41) is 0. The molecule has 0 aromatic heterocycles. The zero-order valence-electron chi connectivity index (χ0n) is 13.0. The van der Waals surface area contributed by atoms with Gasteiger partial charge < -0.3 is 4.90 Å². The Morgan fingerprint density at radius 1 is 1.33 bits per heavy atom. The van der Waals surface area contributed by atoms with Gasteiger partial charge in [0.05, 0.1) is 0 Å². The number of nitrogens with one attached hydrogen (secondary N) is 1. The fraction of sp³-hybridized carbons (Fsp3) is 0.533. The molecule has 5 nitrogen and oxygen atoms in total. The molecule has 1 aromatic carbocycles. The van der Waals surface area contributed by atoms with Crippen molar-refractivity contribution in [1.82, 2.24) is 15.2 Å². The third-order valence-corrected chi connectivity index (χ3v) is 4.11. The number of hydrogen-bond acceptors (Lipinski definition) is 4. The summed E-state index contributed by atoms with van der Waals surface area (Å²) < 4.78 is 0.939. The lowest BCUT2D eigenvalue weighted by Gasteiger charge is -2.22. The third-order valence-electron chi connectivity index (χ3n) is 3.37. The number of hydrazine groups is 1. The Morgan fingerprint density at radius 3 is 2.57 bits per heavy atom. The molecule has 0 radical (unpaired) electrons. The number of carbonyl (C=O) groups excluding carboxylic acids is 1. The Kier molecular flexibility index (Phi) is 7.88. The van der Waals surface area contributed by atoms with Gasteiger partial charge in [-0.25, -0.2) is 5.84 Å². The minimum absolute atomic E-state index is 0.277. The fourth-order valence-corrected chi connectivity index (χ4v) is 2.60.